The Morgan fingerprint density at radius 2 is 2.00 bits per heavy atom. The zero-order valence-corrected chi connectivity index (χ0v) is 7.92. The van der Waals surface area contributed by atoms with Crippen LogP contribution in [0.3, 0.4) is 0 Å². The highest BCUT2D eigenvalue weighted by Gasteiger charge is 2.38. The van der Waals surface area contributed by atoms with Crippen LogP contribution in [0.5, 0.6) is 0 Å². The van der Waals surface area contributed by atoms with Crippen molar-refractivity contribution < 1.29 is 14.2 Å². The molecule has 0 radical (unpaired) electrons. The van der Waals surface area contributed by atoms with Crippen LogP contribution in [0, 0.1) is 0 Å². The highest BCUT2D eigenvalue weighted by Crippen LogP contribution is 2.16. The van der Waals surface area contributed by atoms with E-state index in [1.54, 1.807) is 14.2 Å². The standard InChI is InChI=1S/C8H17NO3/c1-7-4-12-8(9-7,5-10-2)6-11-3/h7,9H,4-6H2,1-3H3. The lowest BCUT2D eigenvalue weighted by Crippen LogP contribution is -2.51. The Hall–Kier alpha value is -0.160. The maximum absolute atomic E-state index is 5.57. The minimum Gasteiger partial charge on any atom is -0.380 e. The SMILES string of the molecule is COCC1(COC)NC(C)CO1. The van der Waals surface area contributed by atoms with Crippen molar-refractivity contribution in [3.05, 3.63) is 0 Å². The third kappa shape index (κ3) is 2.17. The van der Waals surface area contributed by atoms with Crippen molar-refractivity contribution in [3.63, 3.8) is 0 Å². The Morgan fingerprint density at radius 3 is 2.33 bits per heavy atom. The van der Waals surface area contributed by atoms with Crippen molar-refractivity contribution in [2.75, 3.05) is 34.0 Å². The topological polar surface area (TPSA) is 39.7 Å². The second-order valence-electron chi connectivity index (χ2n) is 3.22. The molecule has 1 aliphatic rings. The van der Waals surface area contributed by atoms with E-state index in [0.717, 1.165) is 0 Å². The van der Waals surface area contributed by atoms with Gasteiger partial charge < -0.3 is 14.2 Å². The van der Waals surface area contributed by atoms with E-state index in [9.17, 15) is 0 Å². The maximum atomic E-state index is 5.57. The van der Waals surface area contributed by atoms with E-state index in [1.165, 1.54) is 0 Å². The minimum absolute atomic E-state index is 0.371. The van der Waals surface area contributed by atoms with Crippen LogP contribution in [-0.4, -0.2) is 45.8 Å². The molecule has 1 aliphatic heterocycles. The molecular weight excluding hydrogens is 158 g/mol. The van der Waals surface area contributed by atoms with Gasteiger partial charge in [-0.3, -0.25) is 5.32 Å². The Bertz CT molecular complexity index is 129. The lowest BCUT2D eigenvalue weighted by Gasteiger charge is -2.27. The lowest BCUT2D eigenvalue weighted by atomic mass is 10.2. The Labute approximate surface area is 73.2 Å². The predicted octanol–water partition coefficient (Wildman–Crippen LogP) is -0.0162. The van der Waals surface area contributed by atoms with Gasteiger partial charge in [-0.05, 0) is 6.92 Å². The zero-order valence-electron chi connectivity index (χ0n) is 7.92. The molecular formula is C8H17NO3. The van der Waals surface area contributed by atoms with Crippen LogP contribution in [0.4, 0.5) is 0 Å². The average Bonchev–Trinajstić information content (AvgIpc) is 2.34. The summed E-state index contributed by atoms with van der Waals surface area (Å²) in [5.74, 6) is 0. The van der Waals surface area contributed by atoms with Gasteiger partial charge in [0.05, 0.1) is 19.8 Å². The van der Waals surface area contributed by atoms with Crippen LogP contribution < -0.4 is 5.32 Å². The predicted molar refractivity (Wildman–Crippen MR) is 45.0 cm³/mol. The lowest BCUT2D eigenvalue weighted by molar-refractivity contribution is -0.102. The molecule has 1 N–H and O–H groups in total. The molecule has 1 unspecified atom stereocenters. The van der Waals surface area contributed by atoms with Gasteiger partial charge in [0.2, 0.25) is 0 Å². The molecule has 1 heterocycles. The normalized spacial score (nSPS) is 27.8. The number of hydrogen-bond acceptors (Lipinski definition) is 4. The summed E-state index contributed by atoms with van der Waals surface area (Å²) in [5.41, 5.74) is -0.428. The molecule has 12 heavy (non-hydrogen) atoms. The van der Waals surface area contributed by atoms with Gasteiger partial charge in [-0.1, -0.05) is 0 Å². The van der Waals surface area contributed by atoms with Crippen LogP contribution in [0.1, 0.15) is 6.92 Å². The highest BCUT2D eigenvalue weighted by molar-refractivity contribution is 4.86. The Balaban J connectivity index is 2.48. The van der Waals surface area contributed by atoms with Crippen molar-refractivity contribution >= 4 is 0 Å². The first-order valence-corrected chi connectivity index (χ1v) is 4.12. The molecule has 0 bridgehead atoms. The van der Waals surface area contributed by atoms with E-state index in [-0.39, 0.29) is 0 Å². The number of ether oxygens (including phenoxy) is 3. The minimum atomic E-state index is -0.428. The molecule has 72 valence electrons. The molecule has 1 saturated heterocycles. The van der Waals surface area contributed by atoms with E-state index in [4.69, 9.17) is 14.2 Å². The molecule has 1 atom stereocenters. The third-order valence-electron chi connectivity index (χ3n) is 1.87. The van der Waals surface area contributed by atoms with E-state index >= 15 is 0 Å². The smallest absolute Gasteiger partial charge is 0.166 e. The van der Waals surface area contributed by atoms with Gasteiger partial charge in [0.15, 0.2) is 5.72 Å². The van der Waals surface area contributed by atoms with E-state index in [2.05, 4.69) is 12.2 Å². The summed E-state index contributed by atoms with van der Waals surface area (Å²) in [6.07, 6.45) is 0. The molecule has 0 aromatic rings. The van der Waals surface area contributed by atoms with Gasteiger partial charge in [-0.2, -0.15) is 0 Å². The van der Waals surface area contributed by atoms with E-state index in [1.807, 2.05) is 0 Å². The van der Waals surface area contributed by atoms with Gasteiger partial charge in [-0.15, -0.1) is 0 Å². The summed E-state index contributed by atoms with van der Waals surface area (Å²) < 4.78 is 15.7. The molecule has 1 fully saturated rings. The van der Waals surface area contributed by atoms with Gasteiger partial charge in [-0.25, -0.2) is 0 Å². The molecule has 4 nitrogen and oxygen atoms in total. The monoisotopic (exact) mass is 175 g/mol. The highest BCUT2D eigenvalue weighted by atomic mass is 16.6. The van der Waals surface area contributed by atoms with Crippen molar-refractivity contribution in [1.29, 1.82) is 0 Å². The van der Waals surface area contributed by atoms with Crippen molar-refractivity contribution in [2.24, 2.45) is 0 Å². The van der Waals surface area contributed by atoms with E-state index < -0.39 is 5.72 Å². The first-order chi connectivity index (χ1) is 5.72. The molecule has 0 aromatic carbocycles. The van der Waals surface area contributed by atoms with Crippen molar-refractivity contribution in [2.45, 2.75) is 18.7 Å². The van der Waals surface area contributed by atoms with Crippen LogP contribution in [0.2, 0.25) is 0 Å². The second kappa shape index (κ2) is 4.18. The summed E-state index contributed by atoms with van der Waals surface area (Å²) >= 11 is 0. The van der Waals surface area contributed by atoms with Gasteiger partial charge in [0.1, 0.15) is 0 Å². The van der Waals surface area contributed by atoms with Crippen LogP contribution in [0.25, 0.3) is 0 Å². The van der Waals surface area contributed by atoms with Crippen molar-refractivity contribution in [3.8, 4) is 0 Å². The fourth-order valence-corrected chi connectivity index (χ4v) is 1.49. The Morgan fingerprint density at radius 1 is 1.42 bits per heavy atom. The quantitative estimate of drug-likeness (QED) is 0.652. The number of hydrogen-bond donors (Lipinski definition) is 1. The van der Waals surface area contributed by atoms with E-state index in [0.29, 0.717) is 25.9 Å². The molecule has 0 spiro atoms. The van der Waals surface area contributed by atoms with Crippen LogP contribution in [-0.2, 0) is 14.2 Å². The largest absolute Gasteiger partial charge is 0.380 e. The van der Waals surface area contributed by atoms with Gasteiger partial charge in [0, 0.05) is 20.3 Å². The maximum Gasteiger partial charge on any atom is 0.166 e. The number of nitrogens with one attached hydrogen (secondary N) is 1. The molecule has 0 aliphatic carbocycles. The fourth-order valence-electron chi connectivity index (χ4n) is 1.49. The summed E-state index contributed by atoms with van der Waals surface area (Å²) in [6.45, 7) is 3.83. The van der Waals surface area contributed by atoms with Crippen LogP contribution in [0.15, 0.2) is 0 Å². The molecule has 1 rings (SSSR count). The third-order valence-corrected chi connectivity index (χ3v) is 1.87. The van der Waals surface area contributed by atoms with Gasteiger partial charge in [0.25, 0.3) is 0 Å². The van der Waals surface area contributed by atoms with Gasteiger partial charge >= 0.3 is 0 Å². The first kappa shape index (κ1) is 9.92. The summed E-state index contributed by atoms with van der Waals surface area (Å²) in [7, 11) is 3.32. The summed E-state index contributed by atoms with van der Waals surface area (Å²) in [5, 5.41) is 3.30. The van der Waals surface area contributed by atoms with Crippen LogP contribution >= 0.6 is 0 Å². The summed E-state index contributed by atoms with van der Waals surface area (Å²) in [4.78, 5) is 0. The molecule has 4 heteroatoms. The number of rotatable bonds is 4. The summed E-state index contributed by atoms with van der Waals surface area (Å²) in [6, 6.07) is 0.371. The molecule has 0 saturated carbocycles. The zero-order chi connectivity index (χ0) is 9.03. The Kier molecular flexibility index (Phi) is 3.46. The number of methoxy groups -OCH3 is 2. The second-order valence-corrected chi connectivity index (χ2v) is 3.22. The molecule has 0 aromatic heterocycles. The van der Waals surface area contributed by atoms with Crippen molar-refractivity contribution in [1.82, 2.24) is 5.32 Å². The fraction of sp³-hybridized carbons (Fsp3) is 1.00. The average molecular weight is 175 g/mol. The molecule has 0 amide bonds. The first-order valence-electron chi connectivity index (χ1n) is 4.12.